The van der Waals surface area contributed by atoms with Crippen LogP contribution in [0.5, 0.6) is 0 Å². The molecule has 100 valence electrons. The van der Waals surface area contributed by atoms with Crippen molar-refractivity contribution in [3.63, 3.8) is 0 Å². The largest absolute Gasteiger partial charge is 0.330 e. The average Bonchev–Trinajstić information content (AvgIpc) is 2.27. The third-order valence-corrected chi connectivity index (χ3v) is 3.26. The van der Waals surface area contributed by atoms with Gasteiger partial charge in [-0.15, -0.1) is 0 Å². The van der Waals surface area contributed by atoms with Gasteiger partial charge in [0, 0.05) is 30.4 Å². The van der Waals surface area contributed by atoms with Gasteiger partial charge >= 0.3 is 0 Å². The molecular formula is C11H9F6N. The maximum Gasteiger partial charge on any atom is 0.250 e. The van der Waals surface area contributed by atoms with Gasteiger partial charge < -0.3 is 5.73 Å². The summed E-state index contributed by atoms with van der Waals surface area (Å²) in [4.78, 5) is 0. The van der Waals surface area contributed by atoms with Gasteiger partial charge in [-0.25, -0.2) is 26.3 Å². The summed E-state index contributed by atoms with van der Waals surface area (Å²) in [6.45, 7) is -0.399. The summed E-state index contributed by atoms with van der Waals surface area (Å²) in [5, 5.41) is 0. The van der Waals surface area contributed by atoms with Crippen LogP contribution < -0.4 is 5.73 Å². The Hall–Kier alpha value is -1.24. The molecule has 0 aromatic heterocycles. The van der Waals surface area contributed by atoms with Crippen molar-refractivity contribution in [3.05, 3.63) is 34.9 Å². The summed E-state index contributed by atoms with van der Waals surface area (Å²) in [5.41, 5.74) is 3.12. The minimum absolute atomic E-state index is 0.399. The molecule has 0 amide bonds. The highest BCUT2D eigenvalue weighted by atomic mass is 19.3. The first-order valence-electron chi connectivity index (χ1n) is 5.14. The molecule has 1 aliphatic rings. The highest BCUT2D eigenvalue weighted by Gasteiger charge is 2.57. The molecule has 2 rings (SSSR count). The molecule has 0 spiro atoms. The van der Waals surface area contributed by atoms with E-state index >= 15 is 0 Å². The Balaban J connectivity index is 2.52. The zero-order valence-corrected chi connectivity index (χ0v) is 9.04. The summed E-state index contributed by atoms with van der Waals surface area (Å²) in [6.07, 6.45) is -1.62. The van der Waals surface area contributed by atoms with E-state index in [0.29, 0.717) is 6.07 Å². The highest BCUT2D eigenvalue weighted by Crippen LogP contribution is 2.53. The summed E-state index contributed by atoms with van der Waals surface area (Å²) in [6, 6.07) is 0.399. The molecule has 0 aliphatic heterocycles. The van der Waals surface area contributed by atoms with Crippen LogP contribution in [0.1, 0.15) is 18.4 Å². The Morgan fingerprint density at radius 3 is 2.00 bits per heavy atom. The second-order valence-electron chi connectivity index (χ2n) is 4.54. The van der Waals surface area contributed by atoms with Crippen LogP contribution in [0.4, 0.5) is 26.3 Å². The Bertz CT molecular complexity index is 491. The van der Waals surface area contributed by atoms with E-state index in [-0.39, 0.29) is 0 Å². The predicted octanol–water partition coefficient (Wildman–Crippen LogP) is 2.87. The first-order chi connectivity index (χ1) is 8.22. The number of alkyl halides is 2. The van der Waals surface area contributed by atoms with Crippen LogP contribution in [0.3, 0.4) is 0 Å². The quantitative estimate of drug-likeness (QED) is 0.498. The number of benzene rings is 1. The Labute approximate surface area is 98.6 Å². The minimum Gasteiger partial charge on any atom is -0.330 e. The number of halogens is 6. The van der Waals surface area contributed by atoms with Gasteiger partial charge in [0.25, 0.3) is 0 Å². The van der Waals surface area contributed by atoms with Crippen LogP contribution in [0, 0.1) is 23.3 Å². The maximum atomic E-state index is 13.5. The molecule has 0 radical (unpaired) electrons. The second kappa shape index (κ2) is 3.88. The van der Waals surface area contributed by atoms with Crippen LogP contribution in [0.25, 0.3) is 0 Å². The van der Waals surface area contributed by atoms with E-state index in [0.717, 1.165) is 0 Å². The number of hydrogen-bond donors (Lipinski definition) is 1. The first kappa shape index (κ1) is 13.2. The number of hydrogen-bond acceptors (Lipinski definition) is 1. The molecule has 1 fully saturated rings. The number of nitrogens with two attached hydrogens (primary N) is 1. The summed E-state index contributed by atoms with van der Waals surface area (Å²) < 4.78 is 78.1. The highest BCUT2D eigenvalue weighted by molar-refractivity contribution is 5.34. The molecule has 0 saturated heterocycles. The molecule has 0 bridgehead atoms. The van der Waals surface area contributed by atoms with Gasteiger partial charge in [0.2, 0.25) is 5.92 Å². The summed E-state index contributed by atoms with van der Waals surface area (Å²) in [5.74, 6) is -10.3. The molecule has 18 heavy (non-hydrogen) atoms. The van der Waals surface area contributed by atoms with Crippen LogP contribution in [0.2, 0.25) is 0 Å². The van der Waals surface area contributed by atoms with Gasteiger partial charge in [0.1, 0.15) is 0 Å². The van der Waals surface area contributed by atoms with E-state index in [1.54, 1.807) is 0 Å². The van der Waals surface area contributed by atoms with Crippen LogP contribution in [0.15, 0.2) is 6.07 Å². The molecule has 1 saturated carbocycles. The Morgan fingerprint density at radius 1 is 1.00 bits per heavy atom. The fourth-order valence-corrected chi connectivity index (χ4v) is 2.34. The van der Waals surface area contributed by atoms with E-state index < -0.39 is 59.6 Å². The van der Waals surface area contributed by atoms with Gasteiger partial charge in [0.05, 0.1) is 0 Å². The molecule has 1 aromatic rings. The lowest BCUT2D eigenvalue weighted by atomic mass is 9.62. The minimum atomic E-state index is -3.05. The fourth-order valence-electron chi connectivity index (χ4n) is 2.34. The van der Waals surface area contributed by atoms with Crippen molar-refractivity contribution >= 4 is 0 Å². The van der Waals surface area contributed by atoms with Crippen LogP contribution >= 0.6 is 0 Å². The lowest BCUT2D eigenvalue weighted by Gasteiger charge is -2.47. The van der Waals surface area contributed by atoms with Crippen molar-refractivity contribution in [1.29, 1.82) is 0 Å². The third-order valence-electron chi connectivity index (χ3n) is 3.26. The Morgan fingerprint density at radius 2 is 1.56 bits per heavy atom. The molecule has 1 nitrogen and oxygen atoms in total. The van der Waals surface area contributed by atoms with Crippen molar-refractivity contribution < 1.29 is 26.3 Å². The standard InChI is InChI=1S/C11H9F6N/c12-6-1-5(7(13)9(15)8(6)14)10(4-18)2-11(16,17)3-10/h1H,2-4,18H2. The fraction of sp³-hybridized carbons (Fsp3) is 0.455. The molecular weight excluding hydrogens is 260 g/mol. The zero-order chi connectivity index (χ0) is 13.7. The van der Waals surface area contributed by atoms with Crippen molar-refractivity contribution in [1.82, 2.24) is 0 Å². The molecule has 2 N–H and O–H groups in total. The topological polar surface area (TPSA) is 26.0 Å². The van der Waals surface area contributed by atoms with Gasteiger partial charge in [-0.1, -0.05) is 0 Å². The van der Waals surface area contributed by atoms with Crippen LogP contribution in [-0.2, 0) is 5.41 Å². The lowest BCUT2D eigenvalue weighted by molar-refractivity contribution is -0.124. The van der Waals surface area contributed by atoms with Crippen molar-refractivity contribution in [2.45, 2.75) is 24.2 Å². The molecule has 0 unspecified atom stereocenters. The monoisotopic (exact) mass is 269 g/mol. The molecule has 7 heteroatoms. The van der Waals surface area contributed by atoms with Gasteiger partial charge in [-0.05, 0) is 6.07 Å². The summed E-state index contributed by atoms with van der Waals surface area (Å²) >= 11 is 0. The van der Waals surface area contributed by atoms with E-state index in [2.05, 4.69) is 0 Å². The number of rotatable bonds is 2. The maximum absolute atomic E-state index is 13.5. The van der Waals surface area contributed by atoms with E-state index in [1.165, 1.54) is 0 Å². The first-order valence-corrected chi connectivity index (χ1v) is 5.14. The molecule has 0 heterocycles. The van der Waals surface area contributed by atoms with E-state index in [4.69, 9.17) is 5.73 Å². The van der Waals surface area contributed by atoms with Gasteiger partial charge in [-0.2, -0.15) is 0 Å². The smallest absolute Gasteiger partial charge is 0.250 e. The van der Waals surface area contributed by atoms with Crippen molar-refractivity contribution in [2.24, 2.45) is 5.73 Å². The van der Waals surface area contributed by atoms with Crippen LogP contribution in [-0.4, -0.2) is 12.5 Å². The average molecular weight is 269 g/mol. The van der Waals surface area contributed by atoms with E-state index in [1.807, 2.05) is 0 Å². The van der Waals surface area contributed by atoms with Gasteiger partial charge in [-0.3, -0.25) is 0 Å². The SMILES string of the molecule is NCC1(c2cc(F)c(F)c(F)c2F)CC(F)(F)C1. The lowest BCUT2D eigenvalue weighted by Crippen LogP contribution is -2.54. The zero-order valence-electron chi connectivity index (χ0n) is 9.04. The molecule has 0 atom stereocenters. The summed E-state index contributed by atoms with van der Waals surface area (Å²) in [7, 11) is 0. The van der Waals surface area contributed by atoms with Crippen molar-refractivity contribution in [3.8, 4) is 0 Å². The second-order valence-corrected chi connectivity index (χ2v) is 4.54. The van der Waals surface area contributed by atoms with E-state index in [9.17, 15) is 26.3 Å². The van der Waals surface area contributed by atoms with Crippen molar-refractivity contribution in [2.75, 3.05) is 6.54 Å². The molecule has 1 aromatic carbocycles. The third kappa shape index (κ3) is 1.77. The van der Waals surface area contributed by atoms with Gasteiger partial charge in [0.15, 0.2) is 23.3 Å². The predicted molar refractivity (Wildman–Crippen MR) is 51.2 cm³/mol. The normalized spacial score (nSPS) is 20.6. The Kier molecular flexibility index (Phi) is 2.84. The molecule has 1 aliphatic carbocycles.